The van der Waals surface area contributed by atoms with E-state index in [0.29, 0.717) is 12.6 Å². The second kappa shape index (κ2) is 12.0. The van der Waals surface area contributed by atoms with Crippen molar-refractivity contribution in [2.24, 2.45) is 4.99 Å². The molecule has 0 fully saturated rings. The minimum atomic E-state index is -0.234. The van der Waals surface area contributed by atoms with Crippen LogP contribution in [0.5, 0.6) is 5.75 Å². The molecular formula is C19H33IN4O2. The van der Waals surface area contributed by atoms with E-state index in [0.717, 1.165) is 24.3 Å². The highest BCUT2D eigenvalue weighted by atomic mass is 127. The fraction of sp³-hybridized carbons (Fsp3) is 0.579. The van der Waals surface area contributed by atoms with Crippen LogP contribution in [0.4, 0.5) is 0 Å². The number of likely N-dealkylation sites (N-methyl/N-ethyl adjacent to an activating group) is 1. The SMILES string of the molecule is CN=C(NCCCOc1ccccc1C)N(C)CC(=O)NC(C)(C)C.I. The Morgan fingerprint density at radius 3 is 2.50 bits per heavy atom. The number of para-hydroxylation sites is 1. The first-order chi connectivity index (χ1) is 11.7. The molecule has 0 bridgehead atoms. The first-order valence-corrected chi connectivity index (χ1v) is 8.64. The number of aryl methyl sites for hydroxylation is 1. The average molecular weight is 476 g/mol. The van der Waals surface area contributed by atoms with Crippen molar-refractivity contribution < 1.29 is 9.53 Å². The Hall–Kier alpha value is -1.51. The molecule has 1 aromatic rings. The Bertz CT molecular complexity index is 585. The van der Waals surface area contributed by atoms with Crippen LogP contribution >= 0.6 is 24.0 Å². The van der Waals surface area contributed by atoms with E-state index in [9.17, 15) is 4.79 Å². The van der Waals surface area contributed by atoms with Crippen molar-refractivity contribution in [1.29, 1.82) is 0 Å². The third kappa shape index (κ3) is 9.84. The Balaban J connectivity index is 0.00000625. The number of carbonyl (C=O) groups excluding carboxylic acids is 1. The van der Waals surface area contributed by atoms with E-state index in [2.05, 4.69) is 15.6 Å². The fourth-order valence-corrected chi connectivity index (χ4v) is 2.31. The zero-order chi connectivity index (χ0) is 18.9. The van der Waals surface area contributed by atoms with Gasteiger partial charge in [-0.25, -0.2) is 0 Å². The van der Waals surface area contributed by atoms with E-state index >= 15 is 0 Å². The molecule has 2 N–H and O–H groups in total. The number of nitrogens with one attached hydrogen (secondary N) is 2. The van der Waals surface area contributed by atoms with E-state index < -0.39 is 0 Å². The van der Waals surface area contributed by atoms with E-state index in [1.54, 1.807) is 7.05 Å². The molecule has 0 aliphatic rings. The van der Waals surface area contributed by atoms with Gasteiger partial charge in [-0.2, -0.15) is 0 Å². The highest BCUT2D eigenvalue weighted by molar-refractivity contribution is 14.0. The van der Waals surface area contributed by atoms with Gasteiger partial charge in [0.25, 0.3) is 0 Å². The number of nitrogens with zero attached hydrogens (tertiary/aromatic N) is 2. The number of ether oxygens (including phenoxy) is 1. The van der Waals surface area contributed by atoms with Crippen molar-refractivity contribution in [3.05, 3.63) is 29.8 Å². The zero-order valence-corrected chi connectivity index (χ0v) is 19.1. The molecule has 148 valence electrons. The van der Waals surface area contributed by atoms with Gasteiger partial charge in [0, 0.05) is 26.2 Å². The summed E-state index contributed by atoms with van der Waals surface area (Å²) in [6.07, 6.45) is 0.843. The first kappa shape index (κ1) is 24.5. The van der Waals surface area contributed by atoms with Crippen molar-refractivity contribution in [2.45, 2.75) is 39.7 Å². The Morgan fingerprint density at radius 2 is 1.92 bits per heavy atom. The van der Waals surface area contributed by atoms with Gasteiger partial charge in [-0.1, -0.05) is 18.2 Å². The summed E-state index contributed by atoms with van der Waals surface area (Å²) < 4.78 is 5.77. The van der Waals surface area contributed by atoms with Crippen LogP contribution in [0.1, 0.15) is 32.8 Å². The van der Waals surface area contributed by atoms with Crippen molar-refractivity contribution in [2.75, 3.05) is 33.8 Å². The number of aliphatic imine (C=N–C) groups is 1. The fourth-order valence-electron chi connectivity index (χ4n) is 2.31. The average Bonchev–Trinajstić information content (AvgIpc) is 2.50. The molecule has 0 radical (unpaired) electrons. The summed E-state index contributed by atoms with van der Waals surface area (Å²) in [6.45, 7) is 9.54. The maximum Gasteiger partial charge on any atom is 0.240 e. The van der Waals surface area contributed by atoms with Crippen molar-refractivity contribution in [1.82, 2.24) is 15.5 Å². The standard InChI is InChI=1S/C19H32N4O2.HI/c1-15-10-7-8-11-16(15)25-13-9-12-21-18(20-5)23(6)14-17(24)22-19(2,3)4;/h7-8,10-11H,9,12-14H2,1-6H3,(H,20,21)(H,22,24);1H. The molecule has 0 aliphatic carbocycles. The van der Waals surface area contributed by atoms with Gasteiger partial charge < -0.3 is 20.3 Å². The molecule has 0 aliphatic heterocycles. The van der Waals surface area contributed by atoms with Gasteiger partial charge in [-0.15, -0.1) is 24.0 Å². The smallest absolute Gasteiger partial charge is 0.240 e. The zero-order valence-electron chi connectivity index (χ0n) is 16.8. The summed E-state index contributed by atoms with van der Waals surface area (Å²) >= 11 is 0. The molecule has 0 unspecified atom stereocenters. The molecule has 1 aromatic carbocycles. The lowest BCUT2D eigenvalue weighted by molar-refractivity contribution is -0.122. The van der Waals surface area contributed by atoms with Gasteiger partial charge in [0.05, 0.1) is 13.2 Å². The molecular weight excluding hydrogens is 443 g/mol. The highest BCUT2D eigenvalue weighted by Gasteiger charge is 2.16. The number of hydrogen-bond acceptors (Lipinski definition) is 3. The Labute approximate surface area is 174 Å². The molecule has 0 saturated heterocycles. The predicted molar refractivity (Wildman–Crippen MR) is 119 cm³/mol. The number of halogens is 1. The number of carbonyl (C=O) groups is 1. The normalized spacial score (nSPS) is 11.4. The lowest BCUT2D eigenvalue weighted by Crippen LogP contribution is -2.48. The molecule has 0 spiro atoms. The molecule has 1 amide bonds. The number of hydrogen-bond donors (Lipinski definition) is 2. The molecule has 7 heteroatoms. The van der Waals surface area contributed by atoms with Crippen LogP contribution < -0.4 is 15.4 Å². The van der Waals surface area contributed by atoms with Crippen LogP contribution in [-0.2, 0) is 4.79 Å². The number of rotatable bonds is 7. The second-order valence-corrected chi connectivity index (χ2v) is 7.10. The van der Waals surface area contributed by atoms with Crippen molar-refractivity contribution in [3.63, 3.8) is 0 Å². The number of benzene rings is 1. The quantitative estimate of drug-likeness (QED) is 0.275. The van der Waals surface area contributed by atoms with Crippen molar-refractivity contribution in [3.8, 4) is 5.75 Å². The van der Waals surface area contributed by atoms with Crippen LogP contribution in [0.25, 0.3) is 0 Å². The molecule has 0 heterocycles. The van der Waals surface area contributed by atoms with Crippen LogP contribution in [-0.4, -0.2) is 56.1 Å². The summed E-state index contributed by atoms with van der Waals surface area (Å²) in [4.78, 5) is 18.0. The van der Waals surface area contributed by atoms with Crippen LogP contribution in [0.2, 0.25) is 0 Å². The maximum absolute atomic E-state index is 12.0. The summed E-state index contributed by atoms with van der Waals surface area (Å²) in [7, 11) is 3.56. The third-order valence-electron chi connectivity index (χ3n) is 3.42. The number of amides is 1. The second-order valence-electron chi connectivity index (χ2n) is 7.10. The Kier molecular flexibility index (Phi) is 11.3. The van der Waals surface area contributed by atoms with Gasteiger partial charge in [-0.05, 0) is 45.7 Å². The van der Waals surface area contributed by atoms with Crippen LogP contribution in [0, 0.1) is 6.92 Å². The molecule has 1 rings (SSSR count). The molecule has 0 atom stereocenters. The lowest BCUT2D eigenvalue weighted by Gasteiger charge is -2.25. The van der Waals surface area contributed by atoms with E-state index in [1.807, 2.05) is 63.9 Å². The summed E-state index contributed by atoms with van der Waals surface area (Å²) in [5.74, 6) is 1.59. The molecule has 26 heavy (non-hydrogen) atoms. The topological polar surface area (TPSA) is 66.0 Å². The maximum atomic E-state index is 12.0. The minimum Gasteiger partial charge on any atom is -0.493 e. The van der Waals surface area contributed by atoms with E-state index in [1.165, 1.54) is 0 Å². The molecule has 0 saturated carbocycles. The highest BCUT2D eigenvalue weighted by Crippen LogP contribution is 2.15. The predicted octanol–water partition coefficient (Wildman–Crippen LogP) is 2.80. The Morgan fingerprint density at radius 1 is 1.27 bits per heavy atom. The van der Waals surface area contributed by atoms with Crippen LogP contribution in [0.15, 0.2) is 29.3 Å². The number of guanidine groups is 1. The van der Waals surface area contributed by atoms with Gasteiger partial charge >= 0.3 is 0 Å². The summed E-state index contributed by atoms with van der Waals surface area (Å²) in [5.41, 5.74) is 0.901. The van der Waals surface area contributed by atoms with Gasteiger partial charge in [0.1, 0.15) is 5.75 Å². The summed E-state index contributed by atoms with van der Waals surface area (Å²) in [6, 6.07) is 7.98. The largest absolute Gasteiger partial charge is 0.493 e. The molecule has 6 nitrogen and oxygen atoms in total. The van der Waals surface area contributed by atoms with Gasteiger partial charge in [-0.3, -0.25) is 9.79 Å². The lowest BCUT2D eigenvalue weighted by atomic mass is 10.1. The monoisotopic (exact) mass is 476 g/mol. The van der Waals surface area contributed by atoms with E-state index in [-0.39, 0.29) is 42.0 Å². The molecule has 0 aromatic heterocycles. The summed E-state index contributed by atoms with van der Waals surface area (Å²) in [5, 5.41) is 6.20. The van der Waals surface area contributed by atoms with Gasteiger partial charge in [0.15, 0.2) is 5.96 Å². The van der Waals surface area contributed by atoms with Crippen LogP contribution in [0.3, 0.4) is 0 Å². The third-order valence-corrected chi connectivity index (χ3v) is 3.42. The van der Waals surface area contributed by atoms with E-state index in [4.69, 9.17) is 4.74 Å². The van der Waals surface area contributed by atoms with Gasteiger partial charge in [0.2, 0.25) is 5.91 Å². The van der Waals surface area contributed by atoms with Crippen molar-refractivity contribution >= 4 is 35.8 Å². The first-order valence-electron chi connectivity index (χ1n) is 8.64. The minimum absolute atomic E-state index is 0.